The zero-order valence-corrected chi connectivity index (χ0v) is 11.9. The molecule has 1 aliphatic rings. The molecule has 2 heterocycles. The Bertz CT molecular complexity index is 418. The van der Waals surface area contributed by atoms with Crippen LogP contribution in [0.25, 0.3) is 0 Å². The molecule has 2 N–H and O–H groups in total. The first-order valence-electron chi connectivity index (χ1n) is 6.26. The van der Waals surface area contributed by atoms with Crippen molar-refractivity contribution < 1.29 is 4.74 Å². The first kappa shape index (κ1) is 13.8. The molecular weight excluding hydrogens is 252 g/mol. The minimum atomic E-state index is 0.0524. The van der Waals surface area contributed by atoms with Gasteiger partial charge >= 0.3 is 0 Å². The minimum absolute atomic E-state index is 0.0524. The summed E-state index contributed by atoms with van der Waals surface area (Å²) in [5.74, 6) is 0. The van der Waals surface area contributed by atoms with Gasteiger partial charge in [-0.25, -0.2) is 0 Å². The summed E-state index contributed by atoms with van der Waals surface area (Å²) in [5, 5.41) is 5.10. The van der Waals surface area contributed by atoms with Crippen LogP contribution in [-0.4, -0.2) is 46.5 Å². The molecule has 6 heteroatoms. The summed E-state index contributed by atoms with van der Waals surface area (Å²) >= 11 is 6.27. The third-order valence-corrected chi connectivity index (χ3v) is 3.89. The lowest BCUT2D eigenvalue weighted by Crippen LogP contribution is -2.49. The molecule has 5 nitrogen and oxygen atoms in total. The number of nitrogens with two attached hydrogens (primary N) is 1. The van der Waals surface area contributed by atoms with Gasteiger partial charge in [-0.05, 0) is 13.8 Å². The third-order valence-electron chi connectivity index (χ3n) is 3.40. The molecular formula is C12H21ClN4O. The molecule has 0 aromatic carbocycles. The third kappa shape index (κ3) is 2.85. The van der Waals surface area contributed by atoms with Gasteiger partial charge in [0.15, 0.2) is 0 Å². The van der Waals surface area contributed by atoms with E-state index < -0.39 is 0 Å². The van der Waals surface area contributed by atoms with Crippen molar-refractivity contribution in [2.45, 2.75) is 32.5 Å². The normalized spacial score (nSPS) is 23.3. The fourth-order valence-corrected chi connectivity index (χ4v) is 2.48. The van der Waals surface area contributed by atoms with Gasteiger partial charge in [0.2, 0.25) is 0 Å². The first-order chi connectivity index (χ1) is 8.49. The van der Waals surface area contributed by atoms with Gasteiger partial charge in [0, 0.05) is 32.7 Å². The van der Waals surface area contributed by atoms with Crippen LogP contribution in [-0.2, 0) is 18.3 Å². The molecule has 18 heavy (non-hydrogen) atoms. The summed E-state index contributed by atoms with van der Waals surface area (Å²) in [7, 11) is 1.93. The lowest BCUT2D eigenvalue weighted by molar-refractivity contribution is -0.0409. The van der Waals surface area contributed by atoms with E-state index in [1.807, 2.05) is 25.6 Å². The van der Waals surface area contributed by atoms with E-state index in [1.54, 1.807) is 0 Å². The molecule has 0 aliphatic carbocycles. The van der Waals surface area contributed by atoms with E-state index in [2.05, 4.69) is 10.00 Å². The summed E-state index contributed by atoms with van der Waals surface area (Å²) < 4.78 is 7.51. The van der Waals surface area contributed by atoms with Crippen molar-refractivity contribution in [3.63, 3.8) is 0 Å². The summed E-state index contributed by atoms with van der Waals surface area (Å²) in [6, 6.07) is 0.0524. The number of morpholine rings is 1. The molecule has 1 aromatic heterocycles. The number of hydrogen-bond donors (Lipinski definition) is 1. The van der Waals surface area contributed by atoms with Crippen molar-refractivity contribution >= 4 is 11.6 Å². The molecule has 1 saturated heterocycles. The van der Waals surface area contributed by atoms with Crippen LogP contribution in [0.3, 0.4) is 0 Å². The summed E-state index contributed by atoms with van der Waals surface area (Å²) in [5.41, 5.74) is 7.83. The highest BCUT2D eigenvalue weighted by molar-refractivity contribution is 6.31. The van der Waals surface area contributed by atoms with Crippen LogP contribution in [0.1, 0.15) is 18.3 Å². The van der Waals surface area contributed by atoms with Gasteiger partial charge in [0.05, 0.1) is 29.1 Å². The highest BCUT2D eigenvalue weighted by Gasteiger charge is 2.25. The van der Waals surface area contributed by atoms with Gasteiger partial charge in [-0.15, -0.1) is 0 Å². The van der Waals surface area contributed by atoms with E-state index in [0.717, 1.165) is 42.7 Å². The van der Waals surface area contributed by atoms with Crippen LogP contribution in [0.4, 0.5) is 0 Å². The standard InChI is InChI=1S/C12H21ClN4O/c1-8(14)11-7-17(4-5-18-11)6-10-12(13)9(2)15-16(10)3/h8,11H,4-7,14H2,1-3H3. The second-order valence-corrected chi connectivity index (χ2v) is 5.35. The Kier molecular flexibility index (Phi) is 4.27. The highest BCUT2D eigenvalue weighted by Crippen LogP contribution is 2.22. The molecule has 102 valence electrons. The van der Waals surface area contributed by atoms with Crippen LogP contribution in [0, 0.1) is 6.92 Å². The van der Waals surface area contributed by atoms with E-state index in [-0.39, 0.29) is 12.1 Å². The lowest BCUT2D eigenvalue weighted by Gasteiger charge is -2.34. The lowest BCUT2D eigenvalue weighted by atomic mass is 10.1. The molecule has 0 radical (unpaired) electrons. The molecule has 2 unspecified atom stereocenters. The molecule has 2 atom stereocenters. The number of rotatable bonds is 3. The molecule has 1 aliphatic heterocycles. The Morgan fingerprint density at radius 2 is 2.33 bits per heavy atom. The van der Waals surface area contributed by atoms with Crippen molar-refractivity contribution in [2.75, 3.05) is 19.7 Å². The largest absolute Gasteiger partial charge is 0.374 e. The van der Waals surface area contributed by atoms with E-state index in [4.69, 9.17) is 22.1 Å². The Balaban J connectivity index is 2.05. The minimum Gasteiger partial charge on any atom is -0.374 e. The van der Waals surface area contributed by atoms with Gasteiger partial charge in [-0.2, -0.15) is 5.10 Å². The Morgan fingerprint density at radius 1 is 1.61 bits per heavy atom. The predicted molar refractivity (Wildman–Crippen MR) is 71.6 cm³/mol. The van der Waals surface area contributed by atoms with Crippen LogP contribution in [0.2, 0.25) is 5.02 Å². The van der Waals surface area contributed by atoms with Crippen molar-refractivity contribution in [3.8, 4) is 0 Å². The van der Waals surface area contributed by atoms with Gasteiger partial charge in [-0.3, -0.25) is 9.58 Å². The SMILES string of the molecule is Cc1nn(C)c(CN2CCOC(C(C)N)C2)c1Cl. The summed E-state index contributed by atoms with van der Waals surface area (Å²) in [6.45, 7) is 7.18. The zero-order chi connectivity index (χ0) is 13.3. The van der Waals surface area contributed by atoms with Gasteiger partial charge in [-0.1, -0.05) is 11.6 Å². The number of aryl methyl sites for hydroxylation is 2. The zero-order valence-electron chi connectivity index (χ0n) is 11.2. The maximum absolute atomic E-state index is 6.27. The fraction of sp³-hybridized carbons (Fsp3) is 0.750. The van der Waals surface area contributed by atoms with Gasteiger partial charge in [0.25, 0.3) is 0 Å². The maximum Gasteiger partial charge on any atom is 0.0860 e. The predicted octanol–water partition coefficient (Wildman–Crippen LogP) is 0.930. The topological polar surface area (TPSA) is 56.3 Å². The molecule has 1 fully saturated rings. The number of nitrogens with zero attached hydrogens (tertiary/aromatic N) is 3. The van der Waals surface area contributed by atoms with Crippen LogP contribution < -0.4 is 5.73 Å². The quantitative estimate of drug-likeness (QED) is 0.889. The molecule has 1 aromatic rings. The summed E-state index contributed by atoms with van der Waals surface area (Å²) in [4.78, 5) is 2.32. The van der Waals surface area contributed by atoms with Crippen LogP contribution in [0.15, 0.2) is 0 Å². The monoisotopic (exact) mass is 272 g/mol. The molecule has 2 rings (SSSR count). The van der Waals surface area contributed by atoms with E-state index in [9.17, 15) is 0 Å². The number of halogens is 1. The molecule has 0 bridgehead atoms. The van der Waals surface area contributed by atoms with E-state index in [0.29, 0.717) is 0 Å². The fourth-order valence-electron chi connectivity index (χ4n) is 2.26. The average Bonchev–Trinajstić information content (AvgIpc) is 2.56. The van der Waals surface area contributed by atoms with Crippen molar-refractivity contribution in [1.29, 1.82) is 0 Å². The van der Waals surface area contributed by atoms with Gasteiger partial charge < -0.3 is 10.5 Å². The number of aromatic nitrogens is 2. The molecule has 0 saturated carbocycles. The molecule has 0 amide bonds. The molecule has 0 spiro atoms. The highest BCUT2D eigenvalue weighted by atomic mass is 35.5. The van der Waals surface area contributed by atoms with E-state index >= 15 is 0 Å². The first-order valence-corrected chi connectivity index (χ1v) is 6.64. The summed E-state index contributed by atoms with van der Waals surface area (Å²) in [6.07, 6.45) is 0.104. The smallest absolute Gasteiger partial charge is 0.0860 e. The van der Waals surface area contributed by atoms with Gasteiger partial charge in [0.1, 0.15) is 0 Å². The second kappa shape index (κ2) is 5.57. The van der Waals surface area contributed by atoms with Crippen LogP contribution >= 0.6 is 11.6 Å². The maximum atomic E-state index is 6.27. The second-order valence-electron chi connectivity index (χ2n) is 4.97. The van der Waals surface area contributed by atoms with Crippen molar-refractivity contribution in [2.24, 2.45) is 12.8 Å². The van der Waals surface area contributed by atoms with Crippen molar-refractivity contribution in [1.82, 2.24) is 14.7 Å². The Hall–Kier alpha value is -0.620. The van der Waals surface area contributed by atoms with Crippen LogP contribution in [0.5, 0.6) is 0 Å². The Morgan fingerprint density at radius 3 is 2.89 bits per heavy atom. The van der Waals surface area contributed by atoms with Crippen molar-refractivity contribution in [3.05, 3.63) is 16.4 Å². The Labute approximate surface area is 113 Å². The van der Waals surface area contributed by atoms with E-state index in [1.165, 1.54) is 0 Å². The average molecular weight is 273 g/mol. The number of hydrogen-bond acceptors (Lipinski definition) is 4. The number of ether oxygens (including phenoxy) is 1.